The van der Waals surface area contributed by atoms with Crippen LogP contribution in [0.5, 0.6) is 0 Å². The van der Waals surface area contributed by atoms with Gasteiger partial charge in [0, 0.05) is 12.6 Å². The maximum atomic E-state index is 12.1. The largest absolute Gasteiger partial charge is 0.481 e. The van der Waals surface area contributed by atoms with Crippen molar-refractivity contribution in [1.82, 2.24) is 10.1 Å². The molecule has 94 valence electrons. The highest BCUT2D eigenvalue weighted by Gasteiger charge is 2.32. The smallest absolute Gasteiger partial charge is 0.305 e. The van der Waals surface area contributed by atoms with Crippen LogP contribution in [0.3, 0.4) is 0 Å². The number of nitrogens with zero attached hydrogens (tertiary/aromatic N) is 2. The Morgan fingerprint density at radius 1 is 1.53 bits per heavy atom. The van der Waals surface area contributed by atoms with Crippen molar-refractivity contribution in [3.63, 3.8) is 0 Å². The zero-order chi connectivity index (χ0) is 13.2. The van der Waals surface area contributed by atoms with E-state index in [2.05, 4.69) is 5.16 Å². The first-order chi connectivity index (χ1) is 7.75. The van der Waals surface area contributed by atoms with Crippen LogP contribution in [0.2, 0.25) is 0 Å². The standard InChI is InChI=1S/C11H16N2O4/c1-7-8(6-12-17-7)10(16)13(4)11(2,3)5-9(14)15/h6H,5H2,1-4H3,(H,14,15). The van der Waals surface area contributed by atoms with Crippen molar-refractivity contribution >= 4 is 11.9 Å². The van der Waals surface area contributed by atoms with Gasteiger partial charge >= 0.3 is 5.97 Å². The van der Waals surface area contributed by atoms with Gasteiger partial charge in [0.1, 0.15) is 11.3 Å². The SMILES string of the molecule is Cc1oncc1C(=O)N(C)C(C)(C)CC(=O)O. The van der Waals surface area contributed by atoms with Gasteiger partial charge in [-0.05, 0) is 20.8 Å². The molecule has 1 N–H and O–H groups in total. The maximum Gasteiger partial charge on any atom is 0.305 e. The lowest BCUT2D eigenvalue weighted by Crippen LogP contribution is -2.46. The molecule has 17 heavy (non-hydrogen) atoms. The number of carbonyl (C=O) groups is 2. The molecule has 0 aliphatic carbocycles. The lowest BCUT2D eigenvalue weighted by molar-refractivity contribution is -0.139. The molecule has 0 aromatic carbocycles. The van der Waals surface area contributed by atoms with E-state index < -0.39 is 11.5 Å². The van der Waals surface area contributed by atoms with Crippen molar-refractivity contribution in [1.29, 1.82) is 0 Å². The van der Waals surface area contributed by atoms with Crippen LogP contribution in [0.15, 0.2) is 10.7 Å². The lowest BCUT2D eigenvalue weighted by Gasteiger charge is -2.34. The fourth-order valence-electron chi connectivity index (χ4n) is 1.45. The molecular weight excluding hydrogens is 224 g/mol. The topological polar surface area (TPSA) is 83.6 Å². The van der Waals surface area contributed by atoms with Gasteiger partial charge < -0.3 is 14.5 Å². The summed E-state index contributed by atoms with van der Waals surface area (Å²) in [7, 11) is 1.57. The normalized spacial score (nSPS) is 11.3. The molecule has 1 aromatic heterocycles. The fourth-order valence-corrected chi connectivity index (χ4v) is 1.45. The molecular formula is C11H16N2O4. The number of carboxylic acid groups (broad SMARTS) is 1. The first-order valence-corrected chi connectivity index (χ1v) is 5.17. The minimum atomic E-state index is -0.948. The molecule has 0 atom stereocenters. The zero-order valence-electron chi connectivity index (χ0n) is 10.4. The van der Waals surface area contributed by atoms with Gasteiger partial charge in [-0.3, -0.25) is 9.59 Å². The van der Waals surface area contributed by atoms with E-state index in [4.69, 9.17) is 9.63 Å². The van der Waals surface area contributed by atoms with Crippen LogP contribution in [-0.2, 0) is 4.79 Å². The Kier molecular flexibility index (Phi) is 3.55. The number of carbonyl (C=O) groups excluding carboxylic acids is 1. The van der Waals surface area contributed by atoms with Gasteiger partial charge in [0.05, 0.1) is 12.6 Å². The zero-order valence-corrected chi connectivity index (χ0v) is 10.4. The number of hydrogen-bond donors (Lipinski definition) is 1. The second kappa shape index (κ2) is 4.57. The average molecular weight is 240 g/mol. The third-order valence-corrected chi connectivity index (χ3v) is 2.78. The van der Waals surface area contributed by atoms with Gasteiger partial charge in [0.25, 0.3) is 5.91 Å². The van der Waals surface area contributed by atoms with Crippen molar-refractivity contribution in [2.45, 2.75) is 32.7 Å². The van der Waals surface area contributed by atoms with Crippen molar-refractivity contribution in [3.8, 4) is 0 Å². The third-order valence-electron chi connectivity index (χ3n) is 2.78. The van der Waals surface area contributed by atoms with Crippen LogP contribution >= 0.6 is 0 Å². The number of rotatable bonds is 4. The molecule has 0 saturated carbocycles. The minimum Gasteiger partial charge on any atom is -0.481 e. The van der Waals surface area contributed by atoms with Gasteiger partial charge in [-0.2, -0.15) is 0 Å². The predicted octanol–water partition coefficient (Wildman–Crippen LogP) is 1.31. The molecule has 0 bridgehead atoms. The van der Waals surface area contributed by atoms with Crippen LogP contribution in [0.25, 0.3) is 0 Å². The summed E-state index contributed by atoms with van der Waals surface area (Å²) >= 11 is 0. The van der Waals surface area contributed by atoms with Gasteiger partial charge in [-0.1, -0.05) is 5.16 Å². The van der Waals surface area contributed by atoms with Crippen molar-refractivity contribution < 1.29 is 19.2 Å². The van der Waals surface area contributed by atoms with Crippen LogP contribution in [0, 0.1) is 6.92 Å². The molecule has 0 radical (unpaired) electrons. The van der Waals surface area contributed by atoms with Gasteiger partial charge in [0.2, 0.25) is 0 Å². The van der Waals surface area contributed by atoms with Crippen molar-refractivity contribution in [3.05, 3.63) is 17.5 Å². The van der Waals surface area contributed by atoms with E-state index in [9.17, 15) is 9.59 Å². The molecule has 0 saturated heterocycles. The number of aryl methyl sites for hydroxylation is 1. The number of aromatic nitrogens is 1. The summed E-state index contributed by atoms with van der Waals surface area (Å²) in [4.78, 5) is 24.2. The minimum absolute atomic E-state index is 0.125. The maximum absolute atomic E-state index is 12.1. The molecule has 1 aromatic rings. The first kappa shape index (κ1) is 13.2. The van der Waals surface area contributed by atoms with Crippen LogP contribution < -0.4 is 0 Å². The van der Waals surface area contributed by atoms with E-state index in [-0.39, 0.29) is 12.3 Å². The molecule has 0 aliphatic heterocycles. The Balaban J connectivity index is 2.90. The van der Waals surface area contributed by atoms with E-state index in [1.54, 1.807) is 27.8 Å². The van der Waals surface area contributed by atoms with E-state index in [1.165, 1.54) is 11.1 Å². The van der Waals surface area contributed by atoms with Crippen LogP contribution in [0.4, 0.5) is 0 Å². The molecule has 6 heteroatoms. The summed E-state index contributed by atoms with van der Waals surface area (Å²) in [6, 6.07) is 0. The molecule has 1 heterocycles. The van der Waals surface area contributed by atoms with Gasteiger partial charge in [-0.15, -0.1) is 0 Å². The fraction of sp³-hybridized carbons (Fsp3) is 0.545. The second-order valence-corrected chi connectivity index (χ2v) is 4.54. The van der Waals surface area contributed by atoms with Crippen molar-refractivity contribution in [2.24, 2.45) is 0 Å². The molecule has 0 aliphatic rings. The quantitative estimate of drug-likeness (QED) is 0.857. The highest BCUT2D eigenvalue weighted by molar-refractivity contribution is 5.95. The molecule has 1 amide bonds. The Morgan fingerprint density at radius 3 is 2.53 bits per heavy atom. The monoisotopic (exact) mass is 240 g/mol. The van der Waals surface area contributed by atoms with Gasteiger partial charge in [-0.25, -0.2) is 0 Å². The second-order valence-electron chi connectivity index (χ2n) is 4.54. The van der Waals surface area contributed by atoms with Crippen LogP contribution in [0.1, 0.15) is 36.4 Å². The number of carboxylic acids is 1. The van der Waals surface area contributed by atoms with Gasteiger partial charge in [0.15, 0.2) is 0 Å². The number of aliphatic carboxylic acids is 1. The summed E-state index contributed by atoms with van der Waals surface area (Å²) in [6.45, 7) is 5.03. The number of amides is 1. The van der Waals surface area contributed by atoms with E-state index in [1.807, 2.05) is 0 Å². The molecule has 6 nitrogen and oxygen atoms in total. The Labute approximate surface area is 99.2 Å². The summed E-state index contributed by atoms with van der Waals surface area (Å²) in [5.41, 5.74) is -0.418. The first-order valence-electron chi connectivity index (χ1n) is 5.17. The van der Waals surface area contributed by atoms with E-state index in [0.717, 1.165) is 0 Å². The highest BCUT2D eigenvalue weighted by atomic mass is 16.5. The summed E-state index contributed by atoms with van der Waals surface area (Å²) < 4.78 is 4.82. The molecule has 1 rings (SSSR count). The average Bonchev–Trinajstić information content (AvgIpc) is 2.60. The highest BCUT2D eigenvalue weighted by Crippen LogP contribution is 2.20. The molecule has 0 unspecified atom stereocenters. The lowest BCUT2D eigenvalue weighted by atomic mass is 9.98. The van der Waals surface area contributed by atoms with E-state index in [0.29, 0.717) is 11.3 Å². The van der Waals surface area contributed by atoms with E-state index >= 15 is 0 Å². The Hall–Kier alpha value is -1.85. The van der Waals surface area contributed by atoms with Crippen LogP contribution in [-0.4, -0.2) is 39.6 Å². The number of hydrogen-bond acceptors (Lipinski definition) is 4. The summed E-state index contributed by atoms with van der Waals surface area (Å²) in [6.07, 6.45) is 1.21. The van der Waals surface area contributed by atoms with Crippen molar-refractivity contribution in [2.75, 3.05) is 7.05 Å². The third kappa shape index (κ3) is 2.83. The molecule has 0 fully saturated rings. The molecule has 0 spiro atoms. The Bertz CT molecular complexity index is 436. The summed E-state index contributed by atoms with van der Waals surface area (Å²) in [5, 5.41) is 12.3. The Morgan fingerprint density at radius 2 is 2.12 bits per heavy atom. The predicted molar refractivity (Wildman–Crippen MR) is 59.7 cm³/mol. The summed E-state index contributed by atoms with van der Waals surface area (Å²) in [5.74, 6) is -0.820.